The number of carbonyl (C=O) groups is 1. The molecule has 4 heteroatoms. The van der Waals surface area contributed by atoms with Crippen LogP contribution in [0, 0.1) is 0 Å². The molecule has 0 aliphatic carbocycles. The van der Waals surface area contributed by atoms with Crippen molar-refractivity contribution in [2.45, 2.75) is 6.42 Å². The van der Waals surface area contributed by atoms with E-state index in [0.717, 1.165) is 52.2 Å². The quantitative estimate of drug-likeness (QED) is 0.440. The maximum absolute atomic E-state index is 10.4. The largest absolute Gasteiger partial charge is 0.385 e. The zero-order chi connectivity index (χ0) is 9.52. The van der Waals surface area contributed by atoms with Crippen LogP contribution < -0.4 is 0 Å². The van der Waals surface area contributed by atoms with Crippen molar-refractivity contribution in [2.75, 3.05) is 46.4 Å². The van der Waals surface area contributed by atoms with Gasteiger partial charge >= 0.3 is 0 Å². The van der Waals surface area contributed by atoms with Gasteiger partial charge in [0.1, 0.15) is 0 Å². The molecule has 1 amide bonds. The lowest BCUT2D eigenvalue weighted by atomic mass is 10.3. The molecule has 0 saturated carbocycles. The average molecular weight is 186 g/mol. The van der Waals surface area contributed by atoms with Gasteiger partial charge in [-0.25, -0.2) is 0 Å². The van der Waals surface area contributed by atoms with Gasteiger partial charge in [0, 0.05) is 46.4 Å². The van der Waals surface area contributed by atoms with Gasteiger partial charge in [-0.2, -0.15) is 0 Å². The minimum absolute atomic E-state index is 0.827. The third kappa shape index (κ3) is 3.74. The molecule has 0 aromatic rings. The number of piperazine rings is 1. The molecule has 1 fully saturated rings. The summed E-state index contributed by atoms with van der Waals surface area (Å²) in [6.45, 7) is 5.66. The van der Waals surface area contributed by atoms with E-state index in [2.05, 4.69) is 4.90 Å². The summed E-state index contributed by atoms with van der Waals surface area (Å²) in [7, 11) is 1.73. The van der Waals surface area contributed by atoms with E-state index in [0.29, 0.717) is 0 Å². The van der Waals surface area contributed by atoms with Gasteiger partial charge < -0.3 is 9.64 Å². The molecule has 0 bridgehead atoms. The average Bonchev–Trinajstić information content (AvgIpc) is 2.19. The van der Waals surface area contributed by atoms with Gasteiger partial charge in [-0.3, -0.25) is 9.69 Å². The maximum atomic E-state index is 10.4. The molecule has 0 N–H and O–H groups in total. The number of ether oxygens (including phenoxy) is 1. The maximum Gasteiger partial charge on any atom is 0.209 e. The zero-order valence-corrected chi connectivity index (χ0v) is 8.24. The predicted octanol–water partition coefficient (Wildman–Crippen LogP) is -0.203. The minimum Gasteiger partial charge on any atom is -0.385 e. The highest BCUT2D eigenvalue weighted by atomic mass is 16.5. The zero-order valence-electron chi connectivity index (χ0n) is 8.24. The van der Waals surface area contributed by atoms with Crippen LogP contribution in [-0.4, -0.2) is 62.7 Å². The van der Waals surface area contributed by atoms with E-state index in [1.165, 1.54) is 0 Å². The first-order chi connectivity index (χ1) is 6.36. The van der Waals surface area contributed by atoms with Crippen LogP contribution in [0.5, 0.6) is 0 Å². The Morgan fingerprint density at radius 1 is 1.31 bits per heavy atom. The second kappa shape index (κ2) is 5.94. The molecular formula is C9H18N2O2. The van der Waals surface area contributed by atoms with Crippen LogP contribution in [0.3, 0.4) is 0 Å². The fourth-order valence-electron chi connectivity index (χ4n) is 1.52. The Balaban J connectivity index is 2.07. The lowest BCUT2D eigenvalue weighted by Crippen LogP contribution is -2.45. The second-order valence-electron chi connectivity index (χ2n) is 3.33. The Bertz CT molecular complexity index is 145. The van der Waals surface area contributed by atoms with Crippen molar-refractivity contribution in [2.24, 2.45) is 0 Å². The monoisotopic (exact) mass is 186 g/mol. The van der Waals surface area contributed by atoms with Gasteiger partial charge in [-0.1, -0.05) is 0 Å². The van der Waals surface area contributed by atoms with Crippen molar-refractivity contribution < 1.29 is 9.53 Å². The molecule has 1 aliphatic rings. The smallest absolute Gasteiger partial charge is 0.209 e. The first-order valence-electron chi connectivity index (χ1n) is 4.77. The molecule has 1 heterocycles. The summed E-state index contributed by atoms with van der Waals surface area (Å²) in [6.07, 6.45) is 2.02. The van der Waals surface area contributed by atoms with E-state index in [-0.39, 0.29) is 0 Å². The molecule has 76 valence electrons. The van der Waals surface area contributed by atoms with Gasteiger partial charge in [-0.05, 0) is 6.42 Å². The number of hydrogen-bond donors (Lipinski definition) is 0. The number of hydrogen-bond acceptors (Lipinski definition) is 3. The van der Waals surface area contributed by atoms with Crippen molar-refractivity contribution in [3.05, 3.63) is 0 Å². The van der Waals surface area contributed by atoms with Crippen LogP contribution in [0.2, 0.25) is 0 Å². The lowest BCUT2D eigenvalue weighted by Gasteiger charge is -2.32. The molecule has 0 spiro atoms. The normalized spacial score (nSPS) is 19.0. The van der Waals surface area contributed by atoms with Crippen LogP contribution in [0.25, 0.3) is 0 Å². The van der Waals surface area contributed by atoms with Crippen molar-refractivity contribution >= 4 is 6.41 Å². The van der Waals surface area contributed by atoms with Crippen LogP contribution in [0.15, 0.2) is 0 Å². The molecular weight excluding hydrogens is 168 g/mol. The van der Waals surface area contributed by atoms with Crippen molar-refractivity contribution in [3.63, 3.8) is 0 Å². The Kier molecular flexibility index (Phi) is 4.78. The van der Waals surface area contributed by atoms with E-state index in [4.69, 9.17) is 4.74 Å². The first kappa shape index (κ1) is 10.5. The van der Waals surface area contributed by atoms with Crippen LogP contribution in [0.4, 0.5) is 0 Å². The summed E-state index contributed by atoms with van der Waals surface area (Å²) in [5.74, 6) is 0. The molecule has 4 nitrogen and oxygen atoms in total. The Morgan fingerprint density at radius 3 is 2.54 bits per heavy atom. The molecule has 0 atom stereocenters. The molecule has 0 aromatic heterocycles. The topological polar surface area (TPSA) is 32.8 Å². The molecule has 1 aliphatic heterocycles. The summed E-state index contributed by atoms with van der Waals surface area (Å²) >= 11 is 0. The highest BCUT2D eigenvalue weighted by molar-refractivity contribution is 5.47. The summed E-state index contributed by atoms with van der Waals surface area (Å²) < 4.78 is 4.98. The Hall–Kier alpha value is -0.610. The van der Waals surface area contributed by atoms with Crippen molar-refractivity contribution in [1.29, 1.82) is 0 Å². The Labute approximate surface area is 79.4 Å². The van der Waals surface area contributed by atoms with Gasteiger partial charge in [0.25, 0.3) is 0 Å². The van der Waals surface area contributed by atoms with Crippen molar-refractivity contribution in [1.82, 2.24) is 9.80 Å². The van der Waals surface area contributed by atoms with Gasteiger partial charge in [0.15, 0.2) is 0 Å². The van der Waals surface area contributed by atoms with Gasteiger partial charge in [0.05, 0.1) is 0 Å². The summed E-state index contributed by atoms with van der Waals surface area (Å²) in [5.41, 5.74) is 0. The minimum atomic E-state index is 0.827. The highest BCUT2D eigenvalue weighted by Crippen LogP contribution is 1.99. The Morgan fingerprint density at radius 2 is 2.00 bits per heavy atom. The fourth-order valence-corrected chi connectivity index (χ4v) is 1.52. The number of methoxy groups -OCH3 is 1. The third-order valence-corrected chi connectivity index (χ3v) is 2.38. The van der Waals surface area contributed by atoms with Crippen LogP contribution in [-0.2, 0) is 9.53 Å². The second-order valence-corrected chi connectivity index (χ2v) is 3.33. The standard InChI is InChI=1S/C9H18N2O2/c1-13-8-2-3-10-4-6-11(9-12)7-5-10/h9H,2-8H2,1H3. The third-order valence-electron chi connectivity index (χ3n) is 2.38. The van der Waals surface area contributed by atoms with Gasteiger partial charge in [0.2, 0.25) is 6.41 Å². The molecule has 0 unspecified atom stereocenters. The summed E-state index contributed by atoms with van der Waals surface area (Å²) in [4.78, 5) is 14.6. The number of amides is 1. The van der Waals surface area contributed by atoms with E-state index in [1.54, 1.807) is 7.11 Å². The van der Waals surface area contributed by atoms with Gasteiger partial charge in [-0.15, -0.1) is 0 Å². The van der Waals surface area contributed by atoms with E-state index in [9.17, 15) is 4.79 Å². The molecule has 0 aromatic carbocycles. The predicted molar refractivity (Wildman–Crippen MR) is 50.6 cm³/mol. The number of rotatable bonds is 5. The SMILES string of the molecule is COCCCN1CCN(C=O)CC1. The van der Waals surface area contributed by atoms with E-state index in [1.807, 2.05) is 4.90 Å². The first-order valence-corrected chi connectivity index (χ1v) is 4.77. The molecule has 13 heavy (non-hydrogen) atoms. The van der Waals surface area contributed by atoms with Crippen LogP contribution >= 0.6 is 0 Å². The highest BCUT2D eigenvalue weighted by Gasteiger charge is 2.13. The van der Waals surface area contributed by atoms with Crippen molar-refractivity contribution in [3.8, 4) is 0 Å². The van der Waals surface area contributed by atoms with E-state index >= 15 is 0 Å². The molecule has 0 radical (unpaired) electrons. The molecule has 1 saturated heterocycles. The fraction of sp³-hybridized carbons (Fsp3) is 0.889. The summed E-state index contributed by atoms with van der Waals surface area (Å²) in [6, 6.07) is 0. The number of carbonyl (C=O) groups excluding carboxylic acids is 1. The lowest BCUT2D eigenvalue weighted by molar-refractivity contribution is -0.119. The number of nitrogens with zero attached hydrogens (tertiary/aromatic N) is 2. The van der Waals surface area contributed by atoms with Crippen LogP contribution in [0.1, 0.15) is 6.42 Å². The van der Waals surface area contributed by atoms with E-state index < -0.39 is 0 Å². The summed E-state index contributed by atoms with van der Waals surface area (Å²) in [5, 5.41) is 0. The molecule has 1 rings (SSSR count).